The van der Waals surface area contributed by atoms with Gasteiger partial charge in [-0.05, 0) is 12.1 Å². The number of nitrogens with zero attached hydrogens (tertiary/aromatic N) is 1. The summed E-state index contributed by atoms with van der Waals surface area (Å²) in [4.78, 5) is 24.3. The summed E-state index contributed by atoms with van der Waals surface area (Å²) in [5, 5.41) is 21.2. The predicted molar refractivity (Wildman–Crippen MR) is 70.8 cm³/mol. The highest BCUT2D eigenvalue weighted by molar-refractivity contribution is 5.93. The molecule has 7 heteroatoms. The van der Waals surface area contributed by atoms with Crippen LogP contribution < -0.4 is 10.1 Å². The Hall–Kier alpha value is -2.28. The molecule has 0 bridgehead atoms. The first kappa shape index (κ1) is 14.1. The lowest BCUT2D eigenvalue weighted by atomic mass is 10.2. The quantitative estimate of drug-likeness (QED) is 0.758. The maximum Gasteiger partial charge on any atom is 0.326 e. The molecule has 1 aliphatic rings. The lowest BCUT2D eigenvalue weighted by molar-refractivity contribution is -0.141. The Kier molecular flexibility index (Phi) is 4.09. The summed E-state index contributed by atoms with van der Waals surface area (Å²) in [6.07, 6.45) is -0.770. The van der Waals surface area contributed by atoms with Gasteiger partial charge in [-0.3, -0.25) is 0 Å². The lowest BCUT2D eigenvalue weighted by Crippen LogP contribution is -2.43. The van der Waals surface area contributed by atoms with E-state index in [0.29, 0.717) is 11.4 Å². The number of aliphatic carboxylic acids is 1. The van der Waals surface area contributed by atoms with E-state index in [2.05, 4.69) is 5.32 Å². The molecule has 2 rings (SSSR count). The number of ether oxygens (including phenoxy) is 1. The van der Waals surface area contributed by atoms with Crippen LogP contribution in [0.25, 0.3) is 0 Å². The highest BCUT2D eigenvalue weighted by atomic mass is 16.5. The third kappa shape index (κ3) is 3.00. The number of carbonyl (C=O) groups is 2. The van der Waals surface area contributed by atoms with E-state index in [-0.39, 0.29) is 13.0 Å². The number of β-amino-alcohol motifs (C(OH)–C–C–N with tert-alkyl or cyclic N) is 1. The van der Waals surface area contributed by atoms with Crippen molar-refractivity contribution in [3.05, 3.63) is 24.3 Å². The minimum atomic E-state index is -1.12. The van der Waals surface area contributed by atoms with Crippen molar-refractivity contribution in [3.8, 4) is 5.75 Å². The average molecular weight is 280 g/mol. The van der Waals surface area contributed by atoms with E-state index in [9.17, 15) is 14.7 Å². The van der Waals surface area contributed by atoms with Gasteiger partial charge >= 0.3 is 12.0 Å². The van der Waals surface area contributed by atoms with Gasteiger partial charge in [0.25, 0.3) is 0 Å². The Labute approximate surface area is 115 Å². The Morgan fingerprint density at radius 2 is 2.20 bits per heavy atom. The van der Waals surface area contributed by atoms with E-state index >= 15 is 0 Å². The van der Waals surface area contributed by atoms with Crippen molar-refractivity contribution in [1.29, 1.82) is 0 Å². The number of carboxylic acids is 1. The molecule has 2 amide bonds. The van der Waals surface area contributed by atoms with Crippen LogP contribution in [0.15, 0.2) is 24.3 Å². The van der Waals surface area contributed by atoms with Crippen LogP contribution in [0.5, 0.6) is 5.75 Å². The molecule has 108 valence electrons. The van der Waals surface area contributed by atoms with Gasteiger partial charge in [0.05, 0.1) is 13.2 Å². The van der Waals surface area contributed by atoms with Crippen LogP contribution in [0.1, 0.15) is 6.42 Å². The molecule has 0 aliphatic carbocycles. The molecule has 1 heterocycles. The molecular weight excluding hydrogens is 264 g/mol. The first-order valence-corrected chi connectivity index (χ1v) is 6.14. The number of likely N-dealkylation sites (tertiary alicyclic amines) is 1. The third-order valence-electron chi connectivity index (χ3n) is 3.15. The number of hydrogen-bond donors (Lipinski definition) is 3. The second-order valence-corrected chi connectivity index (χ2v) is 4.56. The minimum absolute atomic E-state index is 0.00671. The molecule has 1 fully saturated rings. The molecule has 0 aromatic heterocycles. The normalized spacial score (nSPS) is 21.6. The summed E-state index contributed by atoms with van der Waals surface area (Å²) in [6.45, 7) is 0.00671. The van der Waals surface area contributed by atoms with Crippen LogP contribution in [0.4, 0.5) is 10.5 Å². The molecular formula is C13H16N2O5. The van der Waals surface area contributed by atoms with Crippen molar-refractivity contribution in [2.24, 2.45) is 0 Å². The van der Waals surface area contributed by atoms with Crippen LogP contribution in [-0.2, 0) is 4.79 Å². The standard InChI is InChI=1S/C13H16N2O5/c1-20-10-4-2-3-8(5-10)14-13(19)15-7-9(16)6-11(15)12(17)18/h2-5,9,11,16H,6-7H2,1H3,(H,14,19)(H,17,18). The molecule has 7 nitrogen and oxygen atoms in total. The molecule has 1 aromatic carbocycles. The molecule has 0 spiro atoms. The van der Waals surface area contributed by atoms with Crippen LogP contribution in [-0.4, -0.2) is 52.9 Å². The number of nitrogens with one attached hydrogen (secondary N) is 1. The number of anilines is 1. The van der Waals surface area contributed by atoms with Crippen molar-refractivity contribution in [2.45, 2.75) is 18.6 Å². The van der Waals surface area contributed by atoms with E-state index in [1.54, 1.807) is 24.3 Å². The number of methoxy groups -OCH3 is 1. The van der Waals surface area contributed by atoms with Crippen molar-refractivity contribution in [3.63, 3.8) is 0 Å². The predicted octanol–water partition coefficient (Wildman–Crippen LogP) is 0.747. The number of hydrogen-bond acceptors (Lipinski definition) is 4. The second kappa shape index (κ2) is 5.79. The number of carbonyl (C=O) groups excluding carboxylic acids is 1. The Bertz CT molecular complexity index is 519. The summed E-state index contributed by atoms with van der Waals surface area (Å²) < 4.78 is 5.04. The van der Waals surface area contributed by atoms with E-state index in [1.165, 1.54) is 7.11 Å². The maximum absolute atomic E-state index is 12.1. The summed E-state index contributed by atoms with van der Waals surface area (Å²) >= 11 is 0. The minimum Gasteiger partial charge on any atom is -0.497 e. The first-order valence-electron chi connectivity index (χ1n) is 6.14. The fourth-order valence-electron chi connectivity index (χ4n) is 2.17. The fraction of sp³-hybridized carbons (Fsp3) is 0.385. The Morgan fingerprint density at radius 1 is 1.45 bits per heavy atom. The zero-order valence-corrected chi connectivity index (χ0v) is 10.9. The molecule has 1 aromatic rings. The van der Waals surface area contributed by atoms with Crippen LogP contribution >= 0.6 is 0 Å². The van der Waals surface area contributed by atoms with Crippen LogP contribution in [0.2, 0.25) is 0 Å². The number of aliphatic hydroxyl groups is 1. The third-order valence-corrected chi connectivity index (χ3v) is 3.15. The van der Waals surface area contributed by atoms with Crippen molar-refractivity contribution < 1.29 is 24.5 Å². The zero-order chi connectivity index (χ0) is 14.7. The monoisotopic (exact) mass is 280 g/mol. The molecule has 20 heavy (non-hydrogen) atoms. The average Bonchev–Trinajstić information content (AvgIpc) is 2.81. The van der Waals surface area contributed by atoms with Crippen molar-refractivity contribution >= 4 is 17.7 Å². The Morgan fingerprint density at radius 3 is 2.85 bits per heavy atom. The van der Waals surface area contributed by atoms with Gasteiger partial charge in [0, 0.05) is 24.7 Å². The van der Waals surface area contributed by atoms with Gasteiger partial charge < -0.3 is 25.2 Å². The lowest BCUT2D eigenvalue weighted by Gasteiger charge is -2.21. The van der Waals surface area contributed by atoms with Crippen molar-refractivity contribution in [1.82, 2.24) is 4.90 Å². The number of benzene rings is 1. The van der Waals surface area contributed by atoms with Crippen LogP contribution in [0.3, 0.4) is 0 Å². The number of amides is 2. The number of urea groups is 1. The maximum atomic E-state index is 12.1. The van der Waals surface area contributed by atoms with Crippen LogP contribution in [0, 0.1) is 0 Å². The zero-order valence-electron chi connectivity index (χ0n) is 10.9. The SMILES string of the molecule is COc1cccc(NC(=O)N2CC(O)CC2C(=O)O)c1. The molecule has 2 unspecified atom stereocenters. The van der Waals surface area contributed by atoms with Crippen molar-refractivity contribution in [2.75, 3.05) is 19.0 Å². The van der Waals surface area contributed by atoms with Gasteiger partial charge in [-0.15, -0.1) is 0 Å². The Balaban J connectivity index is 2.09. The van der Waals surface area contributed by atoms with E-state index in [0.717, 1.165) is 4.90 Å². The summed E-state index contributed by atoms with van der Waals surface area (Å²) in [7, 11) is 1.51. The van der Waals surface area contributed by atoms with E-state index in [1.807, 2.05) is 0 Å². The molecule has 1 saturated heterocycles. The highest BCUT2D eigenvalue weighted by Gasteiger charge is 2.38. The first-order chi connectivity index (χ1) is 9.51. The topological polar surface area (TPSA) is 99.1 Å². The molecule has 2 atom stereocenters. The summed E-state index contributed by atoms with van der Waals surface area (Å²) in [5.41, 5.74) is 0.500. The van der Waals surface area contributed by atoms with E-state index in [4.69, 9.17) is 9.84 Å². The number of aliphatic hydroxyl groups excluding tert-OH is 1. The number of rotatable bonds is 3. The molecule has 3 N–H and O–H groups in total. The van der Waals surface area contributed by atoms with E-state index < -0.39 is 24.1 Å². The van der Waals surface area contributed by atoms with Gasteiger partial charge in [-0.1, -0.05) is 6.07 Å². The van der Waals surface area contributed by atoms with Gasteiger partial charge in [0.2, 0.25) is 0 Å². The largest absolute Gasteiger partial charge is 0.497 e. The molecule has 1 aliphatic heterocycles. The summed E-state index contributed by atoms with van der Waals surface area (Å²) in [6, 6.07) is 5.18. The van der Waals surface area contributed by atoms with Gasteiger partial charge in [0.15, 0.2) is 0 Å². The van der Waals surface area contributed by atoms with Gasteiger partial charge in [-0.25, -0.2) is 9.59 Å². The smallest absolute Gasteiger partial charge is 0.326 e. The fourth-order valence-corrected chi connectivity index (χ4v) is 2.17. The molecule has 0 radical (unpaired) electrons. The second-order valence-electron chi connectivity index (χ2n) is 4.56. The van der Waals surface area contributed by atoms with Gasteiger partial charge in [0.1, 0.15) is 11.8 Å². The summed E-state index contributed by atoms with van der Waals surface area (Å²) in [5.74, 6) is -0.540. The highest BCUT2D eigenvalue weighted by Crippen LogP contribution is 2.21. The molecule has 0 saturated carbocycles. The number of carboxylic acid groups (broad SMARTS) is 1. The van der Waals surface area contributed by atoms with Gasteiger partial charge in [-0.2, -0.15) is 0 Å².